The van der Waals surface area contributed by atoms with Crippen molar-refractivity contribution in [2.45, 2.75) is 51.5 Å². The van der Waals surface area contributed by atoms with E-state index >= 15 is 0 Å². The first-order valence-electron chi connectivity index (χ1n) is 6.63. The Balaban J connectivity index is 1.91. The Hall–Kier alpha value is -0.570. The third-order valence-corrected chi connectivity index (χ3v) is 4.24. The molecule has 3 heteroatoms. The number of aliphatic hydroxyl groups is 1. The number of nitrogens with zero attached hydrogens (tertiary/aromatic N) is 1. The van der Waals surface area contributed by atoms with Gasteiger partial charge in [-0.05, 0) is 44.4 Å². The van der Waals surface area contributed by atoms with Crippen molar-refractivity contribution in [3.8, 4) is 0 Å². The molecule has 2 fully saturated rings. The summed E-state index contributed by atoms with van der Waals surface area (Å²) in [5.41, 5.74) is 0. The summed E-state index contributed by atoms with van der Waals surface area (Å²) in [6.45, 7) is 3.26. The third-order valence-electron chi connectivity index (χ3n) is 4.24. The number of carbonyl (C=O) groups excluding carboxylic acids is 1. The quantitative estimate of drug-likeness (QED) is 0.778. The lowest BCUT2D eigenvalue weighted by Gasteiger charge is -2.31. The van der Waals surface area contributed by atoms with Crippen LogP contribution in [0.1, 0.15) is 45.4 Å². The van der Waals surface area contributed by atoms with Gasteiger partial charge in [-0.3, -0.25) is 4.79 Å². The van der Waals surface area contributed by atoms with Gasteiger partial charge in [0.2, 0.25) is 5.91 Å². The molecule has 1 heterocycles. The summed E-state index contributed by atoms with van der Waals surface area (Å²) in [6, 6.07) is 0.104. The highest BCUT2D eigenvalue weighted by Crippen LogP contribution is 2.31. The van der Waals surface area contributed by atoms with E-state index in [2.05, 4.69) is 6.92 Å². The van der Waals surface area contributed by atoms with Crippen LogP contribution in [0.25, 0.3) is 0 Å². The lowest BCUT2D eigenvalue weighted by molar-refractivity contribution is -0.138. The standard InChI is InChI=1S/C13H23NO2/c1-10-4-6-11(7-5-10)13(16)14-8-2-3-12(14)9-15/h10-12,15H,2-9H2,1H3. The van der Waals surface area contributed by atoms with E-state index in [9.17, 15) is 9.90 Å². The zero-order valence-electron chi connectivity index (χ0n) is 10.2. The molecular formula is C13H23NO2. The van der Waals surface area contributed by atoms with Crippen molar-refractivity contribution in [3.63, 3.8) is 0 Å². The molecule has 92 valence electrons. The zero-order valence-corrected chi connectivity index (χ0v) is 10.2. The van der Waals surface area contributed by atoms with Gasteiger partial charge >= 0.3 is 0 Å². The summed E-state index contributed by atoms with van der Waals surface area (Å²) in [7, 11) is 0. The van der Waals surface area contributed by atoms with Crippen molar-refractivity contribution < 1.29 is 9.90 Å². The number of hydrogen-bond acceptors (Lipinski definition) is 2. The van der Waals surface area contributed by atoms with Crippen LogP contribution in [-0.2, 0) is 4.79 Å². The van der Waals surface area contributed by atoms with Gasteiger partial charge in [0.15, 0.2) is 0 Å². The average molecular weight is 225 g/mol. The fraction of sp³-hybridized carbons (Fsp3) is 0.923. The predicted octanol–water partition coefficient (Wildman–Crippen LogP) is 1.80. The molecule has 0 aromatic carbocycles. The van der Waals surface area contributed by atoms with Gasteiger partial charge in [0.1, 0.15) is 0 Å². The molecule has 1 saturated heterocycles. The molecule has 1 amide bonds. The van der Waals surface area contributed by atoms with Gasteiger partial charge < -0.3 is 10.0 Å². The maximum atomic E-state index is 12.3. The third kappa shape index (κ3) is 2.40. The molecule has 1 unspecified atom stereocenters. The molecule has 0 aromatic rings. The fourth-order valence-corrected chi connectivity index (χ4v) is 3.06. The molecule has 0 radical (unpaired) electrons. The number of amides is 1. The van der Waals surface area contributed by atoms with Crippen LogP contribution >= 0.6 is 0 Å². The van der Waals surface area contributed by atoms with E-state index in [1.165, 1.54) is 12.8 Å². The van der Waals surface area contributed by atoms with Gasteiger partial charge in [-0.25, -0.2) is 0 Å². The Bertz CT molecular complexity index is 246. The maximum absolute atomic E-state index is 12.3. The molecule has 1 aliphatic carbocycles. The van der Waals surface area contributed by atoms with Gasteiger partial charge in [0.25, 0.3) is 0 Å². The van der Waals surface area contributed by atoms with Crippen LogP contribution in [-0.4, -0.2) is 35.1 Å². The van der Waals surface area contributed by atoms with Crippen molar-refractivity contribution in [3.05, 3.63) is 0 Å². The van der Waals surface area contributed by atoms with Crippen molar-refractivity contribution in [2.75, 3.05) is 13.2 Å². The van der Waals surface area contributed by atoms with Gasteiger partial charge in [0.05, 0.1) is 12.6 Å². The largest absolute Gasteiger partial charge is 0.394 e. The molecule has 0 aromatic heterocycles. The Labute approximate surface area is 97.8 Å². The lowest BCUT2D eigenvalue weighted by Crippen LogP contribution is -2.42. The average Bonchev–Trinajstić information content (AvgIpc) is 2.77. The Morgan fingerprint density at radius 2 is 1.94 bits per heavy atom. The van der Waals surface area contributed by atoms with Crippen LogP contribution < -0.4 is 0 Å². The van der Waals surface area contributed by atoms with Gasteiger partial charge in [-0.1, -0.05) is 6.92 Å². The number of carbonyl (C=O) groups is 1. The molecule has 1 saturated carbocycles. The number of likely N-dealkylation sites (tertiary alicyclic amines) is 1. The summed E-state index contributed by atoms with van der Waals surface area (Å²) in [5, 5.41) is 9.23. The molecule has 2 rings (SSSR count). The summed E-state index contributed by atoms with van der Waals surface area (Å²) in [4.78, 5) is 14.2. The van der Waals surface area contributed by atoms with Gasteiger partial charge in [-0.15, -0.1) is 0 Å². The first-order chi connectivity index (χ1) is 7.72. The second-order valence-corrected chi connectivity index (χ2v) is 5.47. The molecule has 2 aliphatic rings. The first kappa shape index (κ1) is 11.9. The summed E-state index contributed by atoms with van der Waals surface area (Å²) >= 11 is 0. The molecular weight excluding hydrogens is 202 g/mol. The molecule has 0 bridgehead atoms. The Morgan fingerprint density at radius 1 is 1.25 bits per heavy atom. The maximum Gasteiger partial charge on any atom is 0.226 e. The molecule has 1 aliphatic heterocycles. The normalized spacial score (nSPS) is 35.4. The van der Waals surface area contributed by atoms with Crippen LogP contribution in [0.3, 0.4) is 0 Å². The molecule has 1 atom stereocenters. The van der Waals surface area contributed by atoms with E-state index in [1.54, 1.807) is 0 Å². The van der Waals surface area contributed by atoms with Crippen molar-refractivity contribution >= 4 is 5.91 Å². The smallest absolute Gasteiger partial charge is 0.226 e. The van der Waals surface area contributed by atoms with Crippen LogP contribution in [0.15, 0.2) is 0 Å². The molecule has 3 nitrogen and oxygen atoms in total. The predicted molar refractivity (Wildman–Crippen MR) is 62.9 cm³/mol. The van der Waals surface area contributed by atoms with E-state index in [1.807, 2.05) is 4.90 Å². The van der Waals surface area contributed by atoms with E-state index in [-0.39, 0.29) is 18.6 Å². The second kappa shape index (κ2) is 5.17. The minimum atomic E-state index is 0.104. The summed E-state index contributed by atoms with van der Waals surface area (Å²) < 4.78 is 0. The lowest BCUT2D eigenvalue weighted by atomic mass is 9.82. The van der Waals surface area contributed by atoms with Crippen LogP contribution in [0.4, 0.5) is 0 Å². The highest BCUT2D eigenvalue weighted by atomic mass is 16.3. The van der Waals surface area contributed by atoms with E-state index in [0.717, 1.165) is 38.1 Å². The van der Waals surface area contributed by atoms with Gasteiger partial charge in [-0.2, -0.15) is 0 Å². The highest BCUT2D eigenvalue weighted by Gasteiger charge is 2.33. The highest BCUT2D eigenvalue weighted by molar-refractivity contribution is 5.79. The van der Waals surface area contributed by atoms with Gasteiger partial charge in [0, 0.05) is 12.5 Å². The number of hydrogen-bond donors (Lipinski definition) is 1. The van der Waals surface area contributed by atoms with E-state index in [4.69, 9.17) is 0 Å². The van der Waals surface area contributed by atoms with Crippen molar-refractivity contribution in [2.24, 2.45) is 11.8 Å². The van der Waals surface area contributed by atoms with Crippen LogP contribution in [0.2, 0.25) is 0 Å². The summed E-state index contributed by atoms with van der Waals surface area (Å²) in [6.07, 6.45) is 6.51. The van der Waals surface area contributed by atoms with E-state index in [0.29, 0.717) is 5.91 Å². The first-order valence-corrected chi connectivity index (χ1v) is 6.63. The molecule has 0 spiro atoms. The number of rotatable bonds is 2. The monoisotopic (exact) mass is 225 g/mol. The Kier molecular flexibility index (Phi) is 3.85. The SMILES string of the molecule is CC1CCC(C(=O)N2CCCC2CO)CC1. The topological polar surface area (TPSA) is 40.5 Å². The molecule has 1 N–H and O–H groups in total. The minimum Gasteiger partial charge on any atom is -0.394 e. The number of aliphatic hydroxyl groups excluding tert-OH is 1. The van der Waals surface area contributed by atoms with E-state index < -0.39 is 0 Å². The van der Waals surface area contributed by atoms with Crippen LogP contribution in [0, 0.1) is 11.8 Å². The van der Waals surface area contributed by atoms with Crippen LogP contribution in [0.5, 0.6) is 0 Å². The zero-order chi connectivity index (χ0) is 11.5. The second-order valence-electron chi connectivity index (χ2n) is 5.47. The minimum absolute atomic E-state index is 0.104. The molecule has 16 heavy (non-hydrogen) atoms. The van der Waals surface area contributed by atoms with Crippen molar-refractivity contribution in [1.82, 2.24) is 4.90 Å². The Morgan fingerprint density at radius 3 is 2.56 bits per heavy atom. The van der Waals surface area contributed by atoms with Crippen molar-refractivity contribution in [1.29, 1.82) is 0 Å². The summed E-state index contributed by atoms with van der Waals surface area (Å²) in [5.74, 6) is 1.34. The fourth-order valence-electron chi connectivity index (χ4n) is 3.06.